The number of hydrogen-bond donors (Lipinski definition) is 0. The lowest BCUT2D eigenvalue weighted by Crippen LogP contribution is -1.71. The molecule has 0 amide bonds. The van der Waals surface area contributed by atoms with Crippen molar-refractivity contribution < 1.29 is 0 Å². The molecule has 0 saturated heterocycles. The Labute approximate surface area is 75.4 Å². The molecule has 1 heteroatoms. The van der Waals surface area contributed by atoms with E-state index in [4.69, 9.17) is 0 Å². The molecule has 0 aliphatic rings. The molecule has 11 heavy (non-hydrogen) atoms. The third-order valence-corrected chi connectivity index (χ3v) is 1.65. The highest BCUT2D eigenvalue weighted by Crippen LogP contribution is 2.03. The van der Waals surface area contributed by atoms with E-state index in [9.17, 15) is 0 Å². The summed E-state index contributed by atoms with van der Waals surface area (Å²) in [7, 11) is 0. The maximum absolute atomic E-state index is 3.15. The lowest BCUT2D eigenvalue weighted by molar-refractivity contribution is 1.46. The Morgan fingerprint density at radius 2 is 1.91 bits per heavy atom. The lowest BCUT2D eigenvalue weighted by Gasteiger charge is -1.91. The minimum atomic E-state index is 1.17. The molecule has 0 aromatic heterocycles. The first-order valence-corrected chi connectivity index (χ1v) is 4.32. The van der Waals surface area contributed by atoms with Gasteiger partial charge in [-0.15, -0.1) is 5.73 Å². The van der Waals surface area contributed by atoms with Crippen molar-refractivity contribution in [1.29, 1.82) is 0 Å². The van der Waals surface area contributed by atoms with E-state index in [2.05, 4.69) is 52.9 Å². The van der Waals surface area contributed by atoms with Crippen LogP contribution < -0.4 is 0 Å². The summed E-state index contributed by atoms with van der Waals surface area (Å²) in [5.41, 5.74) is 5.41. The zero-order valence-electron chi connectivity index (χ0n) is 6.34. The molecule has 0 aliphatic heterocycles. The molecule has 0 atom stereocenters. The number of halogens is 1. The summed E-state index contributed by atoms with van der Waals surface area (Å²) in [6.07, 6.45) is 1.92. The predicted octanol–water partition coefficient (Wildman–Crippen LogP) is 3.52. The minimum absolute atomic E-state index is 1.17. The summed E-state index contributed by atoms with van der Waals surface area (Å²) in [6.45, 7) is 2.08. The van der Waals surface area contributed by atoms with Gasteiger partial charge in [-0.2, -0.15) is 0 Å². The van der Waals surface area contributed by atoms with E-state index < -0.39 is 0 Å². The van der Waals surface area contributed by atoms with Crippen molar-refractivity contribution in [2.24, 2.45) is 0 Å². The third-order valence-electron chi connectivity index (χ3n) is 1.39. The van der Waals surface area contributed by atoms with Crippen LogP contribution in [-0.2, 0) is 0 Å². The quantitative estimate of drug-likeness (QED) is 0.620. The highest BCUT2D eigenvalue weighted by molar-refractivity contribution is 9.11. The van der Waals surface area contributed by atoms with Crippen LogP contribution in [0.3, 0.4) is 0 Å². The standard InChI is InChI=1S/C10H9Br/c1-9-4-6-10(7-5-9)3-2-8-11/h3-8H,1H3. The Bertz CT molecular complexity index is 276. The van der Waals surface area contributed by atoms with Gasteiger partial charge in [-0.3, -0.25) is 0 Å². The molecule has 0 N–H and O–H groups in total. The summed E-state index contributed by atoms with van der Waals surface area (Å²) < 4.78 is 0. The van der Waals surface area contributed by atoms with Crippen molar-refractivity contribution >= 4 is 22.0 Å². The highest BCUT2D eigenvalue weighted by Gasteiger charge is 1.83. The number of rotatable bonds is 1. The summed E-state index contributed by atoms with van der Waals surface area (Å²) in [5, 5.41) is 0. The van der Waals surface area contributed by atoms with Crippen LogP contribution in [0, 0.1) is 6.92 Å². The molecule has 0 spiro atoms. The average molecular weight is 209 g/mol. The smallest absolute Gasteiger partial charge is 0.0232 e. The van der Waals surface area contributed by atoms with Gasteiger partial charge in [0.15, 0.2) is 0 Å². The highest BCUT2D eigenvalue weighted by atomic mass is 79.9. The fourth-order valence-corrected chi connectivity index (χ4v) is 0.923. The van der Waals surface area contributed by atoms with Gasteiger partial charge in [0.25, 0.3) is 0 Å². The molecule has 0 nitrogen and oxygen atoms in total. The molecule has 56 valence electrons. The summed E-state index contributed by atoms with van der Waals surface area (Å²) in [4.78, 5) is 1.72. The fraction of sp³-hybridized carbons (Fsp3) is 0.100. The van der Waals surface area contributed by atoms with Gasteiger partial charge in [0.05, 0.1) is 0 Å². The molecule has 0 saturated carbocycles. The van der Waals surface area contributed by atoms with Crippen molar-refractivity contribution in [1.82, 2.24) is 0 Å². The zero-order chi connectivity index (χ0) is 8.10. The first-order chi connectivity index (χ1) is 5.33. The predicted molar refractivity (Wildman–Crippen MR) is 52.7 cm³/mol. The van der Waals surface area contributed by atoms with Gasteiger partial charge in [0.1, 0.15) is 0 Å². The van der Waals surface area contributed by atoms with E-state index in [-0.39, 0.29) is 0 Å². The van der Waals surface area contributed by atoms with E-state index >= 15 is 0 Å². The second-order valence-corrected chi connectivity index (χ2v) is 2.79. The van der Waals surface area contributed by atoms with Crippen LogP contribution in [-0.4, -0.2) is 0 Å². The Balaban J connectivity index is 2.90. The van der Waals surface area contributed by atoms with Crippen LogP contribution in [0.2, 0.25) is 0 Å². The molecule has 0 heterocycles. The monoisotopic (exact) mass is 208 g/mol. The molecule has 0 aliphatic carbocycles. The summed E-state index contributed by atoms with van der Waals surface area (Å²) in [6, 6.07) is 8.31. The average Bonchev–Trinajstić information content (AvgIpc) is 2.04. The van der Waals surface area contributed by atoms with Crippen molar-refractivity contribution in [3.63, 3.8) is 0 Å². The first kappa shape index (κ1) is 8.32. The van der Waals surface area contributed by atoms with Crippen LogP contribution in [0.4, 0.5) is 0 Å². The Morgan fingerprint density at radius 1 is 1.27 bits per heavy atom. The number of hydrogen-bond acceptors (Lipinski definition) is 0. The van der Waals surface area contributed by atoms with Gasteiger partial charge in [-0.1, -0.05) is 45.8 Å². The van der Waals surface area contributed by atoms with Gasteiger partial charge >= 0.3 is 0 Å². The van der Waals surface area contributed by atoms with Crippen LogP contribution in [0.5, 0.6) is 0 Å². The van der Waals surface area contributed by atoms with E-state index in [1.807, 2.05) is 6.08 Å². The molecule has 1 aromatic carbocycles. The van der Waals surface area contributed by atoms with Crippen molar-refractivity contribution in [3.8, 4) is 0 Å². The number of benzene rings is 1. The minimum Gasteiger partial charge on any atom is -0.113 e. The summed E-state index contributed by atoms with van der Waals surface area (Å²) >= 11 is 3.15. The maximum Gasteiger partial charge on any atom is 0.0232 e. The van der Waals surface area contributed by atoms with E-state index in [0.29, 0.717) is 0 Å². The molecular weight excluding hydrogens is 200 g/mol. The first-order valence-electron chi connectivity index (χ1n) is 3.41. The molecular formula is C10H9Br. The third kappa shape index (κ3) is 2.75. The molecule has 0 unspecified atom stereocenters. The van der Waals surface area contributed by atoms with Crippen LogP contribution in [0.15, 0.2) is 35.0 Å². The molecule has 1 rings (SSSR count). The number of aryl methyl sites for hydroxylation is 1. The molecule has 1 aromatic rings. The molecule has 0 radical (unpaired) electrons. The van der Waals surface area contributed by atoms with Gasteiger partial charge < -0.3 is 0 Å². The summed E-state index contributed by atoms with van der Waals surface area (Å²) in [5.74, 6) is 0. The molecule has 0 bridgehead atoms. The van der Waals surface area contributed by atoms with Gasteiger partial charge in [-0.25, -0.2) is 0 Å². The SMILES string of the molecule is Cc1ccc(C=C=CBr)cc1. The van der Waals surface area contributed by atoms with Gasteiger partial charge in [-0.05, 0) is 18.6 Å². The van der Waals surface area contributed by atoms with Crippen molar-refractivity contribution in [2.45, 2.75) is 6.92 Å². The fourth-order valence-electron chi connectivity index (χ4n) is 0.790. The van der Waals surface area contributed by atoms with E-state index in [1.165, 1.54) is 11.1 Å². The lowest BCUT2D eigenvalue weighted by atomic mass is 10.1. The molecule has 0 fully saturated rings. The maximum atomic E-state index is 3.15. The van der Waals surface area contributed by atoms with Crippen molar-refractivity contribution in [3.05, 3.63) is 46.1 Å². The van der Waals surface area contributed by atoms with Crippen LogP contribution in [0.1, 0.15) is 11.1 Å². The Morgan fingerprint density at radius 3 is 2.45 bits per heavy atom. The second-order valence-electron chi connectivity index (χ2n) is 2.33. The van der Waals surface area contributed by atoms with E-state index in [1.54, 1.807) is 4.99 Å². The Hall–Kier alpha value is -0.780. The second kappa shape index (κ2) is 4.17. The van der Waals surface area contributed by atoms with Crippen LogP contribution >= 0.6 is 15.9 Å². The van der Waals surface area contributed by atoms with Gasteiger partial charge in [0.2, 0.25) is 0 Å². The zero-order valence-corrected chi connectivity index (χ0v) is 7.93. The van der Waals surface area contributed by atoms with Gasteiger partial charge in [0, 0.05) is 4.99 Å². The van der Waals surface area contributed by atoms with Crippen molar-refractivity contribution in [2.75, 3.05) is 0 Å². The Kier molecular flexibility index (Phi) is 3.15. The normalized spacial score (nSPS) is 8.55. The van der Waals surface area contributed by atoms with E-state index in [0.717, 1.165) is 0 Å². The van der Waals surface area contributed by atoms with Crippen LogP contribution in [0.25, 0.3) is 6.08 Å². The topological polar surface area (TPSA) is 0 Å². The largest absolute Gasteiger partial charge is 0.113 e.